The van der Waals surface area contributed by atoms with Crippen LogP contribution in [0.1, 0.15) is 10.4 Å². The predicted molar refractivity (Wildman–Crippen MR) is 96.0 cm³/mol. The minimum atomic E-state index is -0.271. The van der Waals surface area contributed by atoms with Crippen LogP contribution in [0, 0.1) is 0 Å². The number of hydrogen-bond donors (Lipinski definition) is 2. The van der Waals surface area contributed by atoms with E-state index in [4.69, 9.17) is 27.9 Å². The van der Waals surface area contributed by atoms with Crippen molar-refractivity contribution in [3.05, 3.63) is 52.0 Å². The normalized spacial score (nSPS) is 12.7. The van der Waals surface area contributed by atoms with E-state index < -0.39 is 0 Å². The number of fused-ring (bicyclic) bond motifs is 3. The maximum atomic E-state index is 12.6. The van der Waals surface area contributed by atoms with E-state index in [-0.39, 0.29) is 5.91 Å². The van der Waals surface area contributed by atoms with Gasteiger partial charge in [-0.1, -0.05) is 23.2 Å². The average Bonchev–Trinajstić information content (AvgIpc) is 2.69. The number of amides is 1. The minimum Gasteiger partial charge on any atom is -0.497 e. The Kier molecular flexibility index (Phi) is 3.48. The largest absolute Gasteiger partial charge is 0.497 e. The number of ether oxygens (including phenoxy) is 1. The van der Waals surface area contributed by atoms with Crippen molar-refractivity contribution in [2.24, 2.45) is 0 Å². The molecule has 1 aliphatic rings. The average molecular weight is 360 g/mol. The maximum Gasteiger partial charge on any atom is 0.259 e. The summed E-state index contributed by atoms with van der Waals surface area (Å²) in [6.45, 7) is 0. The van der Waals surface area contributed by atoms with Crippen LogP contribution in [0.5, 0.6) is 5.75 Å². The van der Waals surface area contributed by atoms with E-state index in [1.807, 2.05) is 18.2 Å². The molecule has 0 radical (unpaired) electrons. The fraction of sp³-hybridized carbons (Fsp3) is 0.0588. The smallest absolute Gasteiger partial charge is 0.259 e. The number of aromatic nitrogens is 1. The molecule has 0 spiro atoms. The Bertz CT molecular complexity index is 1000. The van der Waals surface area contributed by atoms with Crippen molar-refractivity contribution in [3.63, 3.8) is 0 Å². The van der Waals surface area contributed by atoms with Gasteiger partial charge in [-0.25, -0.2) is 4.98 Å². The lowest BCUT2D eigenvalue weighted by Crippen LogP contribution is -2.11. The highest BCUT2D eigenvalue weighted by molar-refractivity contribution is 6.42. The lowest BCUT2D eigenvalue weighted by atomic mass is 10.1. The van der Waals surface area contributed by atoms with E-state index in [9.17, 15) is 4.79 Å². The van der Waals surface area contributed by atoms with Crippen LogP contribution in [0.3, 0.4) is 0 Å². The Balaban J connectivity index is 1.90. The molecule has 2 heterocycles. The van der Waals surface area contributed by atoms with Gasteiger partial charge in [-0.2, -0.15) is 0 Å². The van der Waals surface area contributed by atoms with Crippen molar-refractivity contribution < 1.29 is 9.53 Å². The zero-order valence-electron chi connectivity index (χ0n) is 12.5. The second-order valence-electron chi connectivity index (χ2n) is 5.33. The number of nitrogens with one attached hydrogen (secondary N) is 2. The summed E-state index contributed by atoms with van der Waals surface area (Å²) in [7, 11) is 1.59. The molecule has 1 amide bonds. The van der Waals surface area contributed by atoms with Gasteiger partial charge in [0.25, 0.3) is 5.91 Å². The van der Waals surface area contributed by atoms with Gasteiger partial charge in [0.1, 0.15) is 11.6 Å². The Morgan fingerprint density at radius 3 is 2.42 bits per heavy atom. The SMILES string of the molecule is COc1ccc2nc3c(cc2c1)C(=O)Nc1cc(Cl)c(Cl)cc1N3. The summed E-state index contributed by atoms with van der Waals surface area (Å²) >= 11 is 12.1. The fourth-order valence-electron chi connectivity index (χ4n) is 2.62. The molecule has 0 bridgehead atoms. The highest BCUT2D eigenvalue weighted by Gasteiger charge is 2.22. The first-order valence-corrected chi connectivity index (χ1v) is 7.87. The highest BCUT2D eigenvalue weighted by Crippen LogP contribution is 2.37. The Morgan fingerprint density at radius 2 is 1.71 bits per heavy atom. The molecule has 0 saturated heterocycles. The van der Waals surface area contributed by atoms with Gasteiger partial charge in [-0.3, -0.25) is 4.79 Å². The van der Waals surface area contributed by atoms with Gasteiger partial charge in [-0.15, -0.1) is 0 Å². The predicted octanol–water partition coefficient (Wildman–Crippen LogP) is 4.86. The van der Waals surface area contributed by atoms with E-state index in [1.165, 1.54) is 0 Å². The molecule has 4 rings (SSSR count). The molecule has 7 heteroatoms. The van der Waals surface area contributed by atoms with Gasteiger partial charge in [0, 0.05) is 5.39 Å². The molecule has 120 valence electrons. The first kappa shape index (κ1) is 15.1. The molecule has 0 unspecified atom stereocenters. The molecule has 3 aromatic rings. The summed E-state index contributed by atoms with van der Waals surface area (Å²) in [6.07, 6.45) is 0. The number of carbonyl (C=O) groups excluding carboxylic acids is 1. The van der Waals surface area contributed by atoms with Crippen LogP contribution in [0.4, 0.5) is 17.2 Å². The lowest BCUT2D eigenvalue weighted by Gasteiger charge is -2.10. The quantitative estimate of drug-likeness (QED) is 0.651. The van der Waals surface area contributed by atoms with Crippen LogP contribution in [0.2, 0.25) is 10.0 Å². The standard InChI is InChI=1S/C17H11Cl2N3O2/c1-24-9-2-3-13-8(4-9)5-10-16(20-13)21-14-6-11(18)12(19)7-15(14)22-17(10)23/h2-7H,1H3,(H,20,21)(H,22,23). The van der Waals surface area contributed by atoms with Gasteiger partial charge in [0.2, 0.25) is 0 Å². The third-order valence-electron chi connectivity index (χ3n) is 3.83. The minimum absolute atomic E-state index is 0.271. The summed E-state index contributed by atoms with van der Waals surface area (Å²) in [6, 6.07) is 10.5. The van der Waals surface area contributed by atoms with Crippen molar-refractivity contribution >= 4 is 57.2 Å². The first-order valence-electron chi connectivity index (χ1n) is 7.11. The van der Waals surface area contributed by atoms with E-state index in [0.717, 1.165) is 10.9 Å². The van der Waals surface area contributed by atoms with Gasteiger partial charge in [0.15, 0.2) is 0 Å². The maximum absolute atomic E-state index is 12.6. The van der Waals surface area contributed by atoms with Crippen molar-refractivity contribution in [1.82, 2.24) is 4.98 Å². The molecule has 0 saturated carbocycles. The summed E-state index contributed by atoms with van der Waals surface area (Å²) in [5.41, 5.74) is 2.36. The first-order chi connectivity index (χ1) is 11.5. The van der Waals surface area contributed by atoms with Crippen LogP contribution in [0.25, 0.3) is 10.9 Å². The second-order valence-corrected chi connectivity index (χ2v) is 6.15. The number of hydrogen-bond acceptors (Lipinski definition) is 4. The number of pyridine rings is 1. The van der Waals surface area contributed by atoms with Gasteiger partial charge >= 0.3 is 0 Å². The second kappa shape index (κ2) is 5.54. The van der Waals surface area contributed by atoms with Crippen LogP contribution in [0.15, 0.2) is 36.4 Å². The van der Waals surface area contributed by atoms with E-state index in [2.05, 4.69) is 15.6 Å². The van der Waals surface area contributed by atoms with E-state index in [1.54, 1.807) is 25.3 Å². The molecule has 2 N–H and O–H groups in total. The molecular formula is C17H11Cl2N3O2. The zero-order valence-corrected chi connectivity index (χ0v) is 14.0. The number of methoxy groups -OCH3 is 1. The summed E-state index contributed by atoms with van der Waals surface area (Å²) in [5, 5.41) is 7.55. The van der Waals surface area contributed by atoms with Gasteiger partial charge < -0.3 is 15.4 Å². The fourth-order valence-corrected chi connectivity index (χ4v) is 2.95. The Labute approximate surface area is 147 Å². The number of nitrogens with zero attached hydrogens (tertiary/aromatic N) is 1. The van der Waals surface area contributed by atoms with E-state index >= 15 is 0 Å². The molecule has 5 nitrogen and oxygen atoms in total. The van der Waals surface area contributed by atoms with Crippen molar-refractivity contribution in [1.29, 1.82) is 0 Å². The number of anilines is 3. The number of halogens is 2. The van der Waals surface area contributed by atoms with Crippen LogP contribution >= 0.6 is 23.2 Å². The van der Waals surface area contributed by atoms with Crippen molar-refractivity contribution in [2.45, 2.75) is 0 Å². The Morgan fingerprint density at radius 1 is 1.00 bits per heavy atom. The lowest BCUT2D eigenvalue weighted by molar-refractivity contribution is 0.102. The Hall–Kier alpha value is -2.50. The summed E-state index contributed by atoms with van der Waals surface area (Å²) in [5.74, 6) is 0.891. The molecule has 2 aromatic carbocycles. The number of carbonyl (C=O) groups is 1. The van der Waals surface area contributed by atoms with Gasteiger partial charge in [-0.05, 0) is 36.4 Å². The highest BCUT2D eigenvalue weighted by atomic mass is 35.5. The van der Waals surface area contributed by atoms with Gasteiger partial charge in [0.05, 0.1) is 39.6 Å². The van der Waals surface area contributed by atoms with Crippen molar-refractivity contribution in [3.8, 4) is 5.75 Å². The molecule has 0 atom stereocenters. The van der Waals surface area contributed by atoms with Crippen molar-refractivity contribution in [2.75, 3.05) is 17.7 Å². The van der Waals surface area contributed by atoms with Crippen LogP contribution in [-0.4, -0.2) is 18.0 Å². The molecule has 1 aromatic heterocycles. The van der Waals surface area contributed by atoms with E-state index in [0.29, 0.717) is 38.6 Å². The zero-order chi connectivity index (χ0) is 16.8. The number of benzene rings is 2. The molecular weight excluding hydrogens is 349 g/mol. The molecule has 1 aliphatic heterocycles. The summed E-state index contributed by atoms with van der Waals surface area (Å²) < 4.78 is 5.22. The molecule has 0 aliphatic carbocycles. The third kappa shape index (κ3) is 2.42. The third-order valence-corrected chi connectivity index (χ3v) is 4.55. The van der Waals surface area contributed by atoms with Crippen LogP contribution < -0.4 is 15.4 Å². The number of rotatable bonds is 1. The summed E-state index contributed by atoms with van der Waals surface area (Å²) in [4.78, 5) is 17.1. The van der Waals surface area contributed by atoms with Crippen LogP contribution in [-0.2, 0) is 0 Å². The monoisotopic (exact) mass is 359 g/mol. The molecule has 24 heavy (non-hydrogen) atoms. The molecule has 0 fully saturated rings. The topological polar surface area (TPSA) is 63.2 Å².